The minimum absolute atomic E-state index is 0.137. The van der Waals surface area contributed by atoms with Crippen LogP contribution in [-0.4, -0.2) is 16.7 Å². The van der Waals surface area contributed by atoms with Crippen molar-refractivity contribution >= 4 is 0 Å². The van der Waals surface area contributed by atoms with Gasteiger partial charge in [0, 0.05) is 12.2 Å². The average molecular weight is 271 g/mol. The first-order valence-electron chi connectivity index (χ1n) is 6.74. The Kier molecular flexibility index (Phi) is 4.85. The molecular weight excluding hydrogens is 254 g/mol. The molecule has 0 N–H and O–H groups in total. The lowest BCUT2D eigenvalue weighted by atomic mass is 10.1. The van der Waals surface area contributed by atoms with Gasteiger partial charge in [0.25, 0.3) is 5.89 Å². The van der Waals surface area contributed by atoms with Crippen LogP contribution in [0, 0.1) is 11.3 Å². The second-order valence-electron chi connectivity index (χ2n) is 4.38. The lowest BCUT2D eigenvalue weighted by Gasteiger charge is -2.11. The molecule has 0 saturated heterocycles. The Bertz CT molecular complexity index is 595. The predicted molar refractivity (Wildman–Crippen MR) is 73.7 cm³/mol. The van der Waals surface area contributed by atoms with Crippen LogP contribution in [0.15, 0.2) is 28.8 Å². The Morgan fingerprint density at radius 1 is 1.40 bits per heavy atom. The molecule has 0 amide bonds. The predicted octanol–water partition coefficient (Wildman–Crippen LogP) is 3.49. The van der Waals surface area contributed by atoms with Crippen molar-refractivity contribution in [3.63, 3.8) is 0 Å². The Labute approximate surface area is 118 Å². The van der Waals surface area contributed by atoms with Gasteiger partial charge in [0.05, 0.1) is 11.6 Å². The van der Waals surface area contributed by atoms with Crippen molar-refractivity contribution in [2.45, 2.75) is 32.8 Å². The summed E-state index contributed by atoms with van der Waals surface area (Å²) in [6.07, 6.45) is 1.70. The Hall–Kier alpha value is -2.19. The molecule has 104 valence electrons. The van der Waals surface area contributed by atoms with Crippen molar-refractivity contribution in [1.82, 2.24) is 10.1 Å². The van der Waals surface area contributed by atoms with Crippen LogP contribution in [0.4, 0.5) is 0 Å². The molecule has 1 heterocycles. The third-order valence-corrected chi connectivity index (χ3v) is 2.89. The molecule has 0 aliphatic heterocycles. The van der Waals surface area contributed by atoms with Gasteiger partial charge in [0.15, 0.2) is 0 Å². The maximum Gasteiger partial charge on any atom is 0.258 e. The van der Waals surface area contributed by atoms with E-state index in [1.165, 1.54) is 0 Å². The van der Waals surface area contributed by atoms with Gasteiger partial charge in [-0.15, -0.1) is 0 Å². The zero-order valence-electron chi connectivity index (χ0n) is 11.7. The molecule has 0 aliphatic rings. The van der Waals surface area contributed by atoms with Gasteiger partial charge in [-0.2, -0.15) is 10.2 Å². The second kappa shape index (κ2) is 6.83. The fourth-order valence-corrected chi connectivity index (χ4v) is 1.96. The molecule has 20 heavy (non-hydrogen) atoms. The first kappa shape index (κ1) is 14.2. The van der Waals surface area contributed by atoms with Crippen LogP contribution in [0.1, 0.15) is 44.2 Å². The molecule has 1 atom stereocenters. The van der Waals surface area contributed by atoms with Crippen molar-refractivity contribution in [2.75, 3.05) is 6.61 Å². The highest BCUT2D eigenvalue weighted by Crippen LogP contribution is 2.24. The Balaban J connectivity index is 2.25. The molecule has 2 rings (SSSR count). The minimum Gasteiger partial charge on any atom is -0.370 e. The summed E-state index contributed by atoms with van der Waals surface area (Å²) in [6, 6.07) is 9.20. The zero-order valence-corrected chi connectivity index (χ0v) is 11.7. The number of rotatable bonds is 6. The van der Waals surface area contributed by atoms with Crippen LogP contribution in [-0.2, 0) is 4.74 Å². The fraction of sp³-hybridized carbons (Fsp3) is 0.400. The average Bonchev–Trinajstić information content (AvgIpc) is 2.97. The van der Waals surface area contributed by atoms with Gasteiger partial charge in [-0.25, -0.2) is 0 Å². The molecule has 2 aromatic rings. The Morgan fingerprint density at radius 2 is 2.25 bits per heavy atom. The molecule has 0 aliphatic carbocycles. The normalized spacial score (nSPS) is 12.1. The molecule has 0 saturated carbocycles. The first-order chi connectivity index (χ1) is 9.78. The number of aromatic nitrogens is 2. The van der Waals surface area contributed by atoms with Crippen LogP contribution < -0.4 is 0 Å². The van der Waals surface area contributed by atoms with Gasteiger partial charge in [-0.3, -0.25) is 0 Å². The molecule has 0 bridgehead atoms. The summed E-state index contributed by atoms with van der Waals surface area (Å²) in [7, 11) is 0. The molecule has 0 fully saturated rings. The van der Waals surface area contributed by atoms with Crippen LogP contribution in [0.5, 0.6) is 0 Å². The number of hydrogen-bond donors (Lipinski definition) is 0. The zero-order chi connectivity index (χ0) is 14.4. The summed E-state index contributed by atoms with van der Waals surface area (Å²) in [5, 5.41) is 12.9. The van der Waals surface area contributed by atoms with Gasteiger partial charge in [0.1, 0.15) is 6.10 Å². The van der Waals surface area contributed by atoms with E-state index in [9.17, 15) is 0 Å². The monoisotopic (exact) mass is 271 g/mol. The van der Waals surface area contributed by atoms with E-state index in [2.05, 4.69) is 23.1 Å². The third kappa shape index (κ3) is 3.22. The maximum atomic E-state index is 8.91. The van der Waals surface area contributed by atoms with Crippen molar-refractivity contribution in [2.24, 2.45) is 0 Å². The second-order valence-corrected chi connectivity index (χ2v) is 4.38. The molecule has 5 nitrogen and oxygen atoms in total. The highest BCUT2D eigenvalue weighted by Gasteiger charge is 2.18. The molecule has 0 radical (unpaired) electrons. The summed E-state index contributed by atoms with van der Waals surface area (Å²) in [5.41, 5.74) is 1.31. The van der Waals surface area contributed by atoms with Gasteiger partial charge < -0.3 is 9.26 Å². The van der Waals surface area contributed by atoms with E-state index in [4.69, 9.17) is 14.5 Å². The maximum absolute atomic E-state index is 8.91. The van der Waals surface area contributed by atoms with Gasteiger partial charge >= 0.3 is 0 Å². The van der Waals surface area contributed by atoms with Crippen molar-refractivity contribution in [1.29, 1.82) is 5.26 Å². The number of benzene rings is 1. The van der Waals surface area contributed by atoms with E-state index < -0.39 is 0 Å². The fourth-order valence-electron chi connectivity index (χ4n) is 1.96. The summed E-state index contributed by atoms with van der Waals surface area (Å²) in [5.74, 6) is 0.976. The van der Waals surface area contributed by atoms with Crippen LogP contribution in [0.3, 0.4) is 0 Å². The largest absolute Gasteiger partial charge is 0.370 e. The summed E-state index contributed by atoms with van der Waals surface area (Å²) < 4.78 is 10.9. The van der Waals surface area contributed by atoms with E-state index in [0.29, 0.717) is 23.9 Å². The van der Waals surface area contributed by atoms with E-state index in [-0.39, 0.29) is 6.10 Å². The number of nitriles is 1. The van der Waals surface area contributed by atoms with Gasteiger partial charge in [-0.05, 0) is 31.5 Å². The van der Waals surface area contributed by atoms with Crippen LogP contribution in [0.2, 0.25) is 0 Å². The molecule has 1 unspecified atom stereocenters. The summed E-state index contributed by atoms with van der Waals surface area (Å²) in [4.78, 5) is 4.38. The van der Waals surface area contributed by atoms with E-state index >= 15 is 0 Å². The van der Waals surface area contributed by atoms with Crippen molar-refractivity contribution < 1.29 is 9.26 Å². The quantitative estimate of drug-likeness (QED) is 0.804. The van der Waals surface area contributed by atoms with E-state index in [0.717, 1.165) is 18.4 Å². The third-order valence-electron chi connectivity index (χ3n) is 2.89. The van der Waals surface area contributed by atoms with Gasteiger partial charge in [-0.1, -0.05) is 24.6 Å². The number of nitrogens with zero attached hydrogens (tertiary/aromatic N) is 3. The SMILES string of the molecule is CCCC(OCC)c1noc(-c2cccc(C#N)c2)n1. The topological polar surface area (TPSA) is 71.9 Å². The first-order valence-corrected chi connectivity index (χ1v) is 6.74. The number of hydrogen-bond acceptors (Lipinski definition) is 5. The highest BCUT2D eigenvalue weighted by atomic mass is 16.5. The van der Waals surface area contributed by atoms with Crippen molar-refractivity contribution in [3.8, 4) is 17.5 Å². The standard InChI is InChI=1S/C15H17N3O2/c1-3-6-13(19-4-2)14-17-15(20-18-14)12-8-5-7-11(9-12)10-16/h5,7-9,13H,3-4,6H2,1-2H3. The highest BCUT2D eigenvalue weighted by molar-refractivity contribution is 5.55. The van der Waals surface area contributed by atoms with E-state index in [1.54, 1.807) is 18.2 Å². The van der Waals surface area contributed by atoms with E-state index in [1.807, 2.05) is 13.0 Å². The van der Waals surface area contributed by atoms with Crippen molar-refractivity contribution in [3.05, 3.63) is 35.7 Å². The van der Waals surface area contributed by atoms with Gasteiger partial charge in [0.2, 0.25) is 5.82 Å². The minimum atomic E-state index is -0.137. The lowest BCUT2D eigenvalue weighted by molar-refractivity contribution is 0.0478. The lowest BCUT2D eigenvalue weighted by Crippen LogP contribution is -2.05. The number of ether oxygens (including phenoxy) is 1. The molecule has 0 spiro atoms. The molecule has 1 aromatic heterocycles. The molecule has 1 aromatic carbocycles. The molecule has 5 heteroatoms. The van der Waals surface area contributed by atoms with Crippen LogP contribution in [0.25, 0.3) is 11.5 Å². The van der Waals surface area contributed by atoms with Crippen LogP contribution >= 0.6 is 0 Å². The Morgan fingerprint density at radius 3 is 2.95 bits per heavy atom. The summed E-state index contributed by atoms with van der Waals surface area (Å²) in [6.45, 7) is 4.64. The molecular formula is C15H17N3O2. The summed E-state index contributed by atoms with van der Waals surface area (Å²) >= 11 is 0. The smallest absolute Gasteiger partial charge is 0.258 e.